The number of nitrogens with two attached hydrogens (primary N) is 1. The van der Waals surface area contributed by atoms with Crippen molar-refractivity contribution < 1.29 is 21.2 Å². The van der Waals surface area contributed by atoms with Gasteiger partial charge in [-0.15, -0.1) is 0 Å². The zero-order valence-corrected chi connectivity index (χ0v) is 12.5. The third-order valence-electron chi connectivity index (χ3n) is 2.14. The van der Waals surface area contributed by atoms with Crippen LogP contribution in [-0.2, 0) is 19.9 Å². The second kappa shape index (κ2) is 5.54. The number of sulfone groups is 1. The summed E-state index contributed by atoms with van der Waals surface area (Å²) in [5.41, 5.74) is -0.0668. The van der Waals surface area contributed by atoms with Gasteiger partial charge in [-0.25, -0.2) is 26.4 Å². The maximum absolute atomic E-state index is 13.8. The Morgan fingerprint density at radius 1 is 1.26 bits per heavy atom. The van der Waals surface area contributed by atoms with Crippen LogP contribution < -0.4 is 5.14 Å². The quantitative estimate of drug-likeness (QED) is 0.828. The van der Waals surface area contributed by atoms with Crippen molar-refractivity contribution in [1.82, 2.24) is 0 Å². The summed E-state index contributed by atoms with van der Waals surface area (Å²) in [6.45, 7) is 0. The predicted molar refractivity (Wildman–Crippen MR) is 68.8 cm³/mol. The van der Waals surface area contributed by atoms with Gasteiger partial charge in [-0.05, 0) is 28.1 Å². The van der Waals surface area contributed by atoms with Crippen molar-refractivity contribution in [3.63, 3.8) is 0 Å². The topological polar surface area (TPSA) is 118 Å². The monoisotopic (exact) mass is 370 g/mol. The summed E-state index contributed by atoms with van der Waals surface area (Å²) in [5, 5.41) is 13.4. The summed E-state index contributed by atoms with van der Waals surface area (Å²) in [4.78, 5) is -0.679. The van der Waals surface area contributed by atoms with E-state index in [0.717, 1.165) is 12.1 Å². The average molecular weight is 371 g/mol. The molecule has 0 heterocycles. The normalized spacial score (nSPS) is 12.1. The number of benzene rings is 1. The fourth-order valence-corrected chi connectivity index (χ4v) is 4.44. The number of nitrogens with zero attached hydrogens (tertiary/aromatic N) is 1. The molecule has 2 N–H and O–H groups in total. The molecule has 1 aromatic carbocycles. The number of nitriles is 1. The van der Waals surface area contributed by atoms with Gasteiger partial charge in [0.05, 0.1) is 21.5 Å². The summed E-state index contributed by atoms with van der Waals surface area (Å²) in [6.07, 6.45) is 0. The van der Waals surface area contributed by atoms with E-state index in [0.29, 0.717) is 0 Å². The minimum Gasteiger partial charge on any atom is -0.229 e. The SMILES string of the molecule is N#Cc1ccc(S(=O)(=O)CCS(N)(=O)=O)c(F)c1Br. The smallest absolute Gasteiger partial charge is 0.210 e. The van der Waals surface area contributed by atoms with Crippen molar-refractivity contribution in [3.8, 4) is 6.07 Å². The Morgan fingerprint density at radius 2 is 1.84 bits per heavy atom. The molecule has 0 saturated heterocycles. The third kappa shape index (κ3) is 3.97. The summed E-state index contributed by atoms with van der Waals surface area (Å²) < 4.78 is 58.6. The molecule has 1 aromatic rings. The first kappa shape index (κ1) is 16.0. The van der Waals surface area contributed by atoms with Crippen LogP contribution in [0.3, 0.4) is 0 Å². The lowest BCUT2D eigenvalue weighted by molar-refractivity contribution is 0.562. The summed E-state index contributed by atoms with van der Waals surface area (Å²) >= 11 is 2.77. The van der Waals surface area contributed by atoms with Gasteiger partial charge in [0.15, 0.2) is 15.7 Å². The molecule has 0 aromatic heterocycles. The van der Waals surface area contributed by atoms with Crippen molar-refractivity contribution in [3.05, 3.63) is 28.0 Å². The molecular weight excluding hydrogens is 363 g/mol. The zero-order chi connectivity index (χ0) is 14.8. The van der Waals surface area contributed by atoms with Crippen molar-refractivity contribution >= 4 is 35.8 Å². The highest BCUT2D eigenvalue weighted by atomic mass is 79.9. The molecule has 0 aliphatic rings. The molecule has 0 bridgehead atoms. The Morgan fingerprint density at radius 3 is 2.32 bits per heavy atom. The van der Waals surface area contributed by atoms with E-state index in [1.807, 2.05) is 0 Å². The zero-order valence-electron chi connectivity index (χ0n) is 9.30. The first-order valence-corrected chi connectivity index (χ1v) is 8.86. The fourth-order valence-electron chi connectivity index (χ4n) is 1.19. The third-order valence-corrected chi connectivity index (χ3v) is 5.67. The highest BCUT2D eigenvalue weighted by Gasteiger charge is 2.24. The van der Waals surface area contributed by atoms with Crippen LogP contribution in [0.4, 0.5) is 4.39 Å². The van der Waals surface area contributed by atoms with Gasteiger partial charge in [0, 0.05) is 0 Å². The van der Waals surface area contributed by atoms with Crippen LogP contribution in [-0.4, -0.2) is 28.3 Å². The minimum absolute atomic E-state index is 0.0668. The maximum Gasteiger partial charge on any atom is 0.210 e. The lowest BCUT2D eigenvalue weighted by Gasteiger charge is -2.07. The molecule has 0 spiro atoms. The molecule has 0 aliphatic heterocycles. The van der Waals surface area contributed by atoms with Gasteiger partial charge in [-0.3, -0.25) is 0 Å². The molecule has 0 fully saturated rings. The van der Waals surface area contributed by atoms with E-state index in [-0.39, 0.29) is 10.0 Å². The van der Waals surface area contributed by atoms with Gasteiger partial charge in [-0.1, -0.05) is 0 Å². The Kier molecular flexibility index (Phi) is 4.67. The lowest BCUT2D eigenvalue weighted by Crippen LogP contribution is -2.23. The fraction of sp³-hybridized carbons (Fsp3) is 0.222. The van der Waals surface area contributed by atoms with Gasteiger partial charge >= 0.3 is 0 Å². The Labute approximate surface area is 118 Å². The van der Waals surface area contributed by atoms with Crippen LogP contribution in [0.15, 0.2) is 21.5 Å². The summed E-state index contributed by atoms with van der Waals surface area (Å²) in [5.74, 6) is -2.78. The second-order valence-corrected chi connectivity index (χ2v) is 8.14. The van der Waals surface area contributed by atoms with Gasteiger partial charge in [0.2, 0.25) is 10.0 Å². The first-order valence-electron chi connectivity index (χ1n) is 4.70. The van der Waals surface area contributed by atoms with E-state index in [1.165, 1.54) is 0 Å². The number of hydrogen-bond donors (Lipinski definition) is 1. The van der Waals surface area contributed by atoms with Crippen LogP contribution in [0.25, 0.3) is 0 Å². The molecule has 1 rings (SSSR count). The predicted octanol–water partition coefficient (Wildman–Crippen LogP) is 0.522. The largest absolute Gasteiger partial charge is 0.229 e. The van der Waals surface area contributed by atoms with E-state index in [9.17, 15) is 21.2 Å². The molecule has 10 heteroatoms. The van der Waals surface area contributed by atoms with Gasteiger partial charge in [0.1, 0.15) is 11.0 Å². The van der Waals surface area contributed by atoms with Crippen LogP contribution >= 0.6 is 15.9 Å². The molecular formula is C9H8BrFN2O4S2. The molecule has 6 nitrogen and oxygen atoms in total. The van der Waals surface area contributed by atoms with E-state index >= 15 is 0 Å². The molecule has 19 heavy (non-hydrogen) atoms. The number of primary sulfonamides is 1. The van der Waals surface area contributed by atoms with Crippen LogP contribution in [0.1, 0.15) is 5.56 Å². The van der Waals surface area contributed by atoms with Crippen molar-refractivity contribution in [2.24, 2.45) is 5.14 Å². The standard InChI is InChI=1S/C9H8BrFN2O4S2/c10-8-6(5-12)1-2-7(9(8)11)18(14,15)3-4-19(13,16)17/h1-2H,3-4H2,(H2,13,16,17). The summed E-state index contributed by atoms with van der Waals surface area (Å²) in [7, 11) is -8.11. The Hall–Kier alpha value is -1.02. The molecule has 0 amide bonds. The highest BCUT2D eigenvalue weighted by molar-refractivity contribution is 9.10. The van der Waals surface area contributed by atoms with E-state index in [2.05, 4.69) is 15.9 Å². The molecule has 0 saturated carbocycles. The van der Waals surface area contributed by atoms with E-state index in [4.69, 9.17) is 10.4 Å². The van der Waals surface area contributed by atoms with E-state index < -0.39 is 42.1 Å². The number of sulfonamides is 1. The van der Waals surface area contributed by atoms with Crippen molar-refractivity contribution in [2.75, 3.05) is 11.5 Å². The highest BCUT2D eigenvalue weighted by Crippen LogP contribution is 2.26. The van der Waals surface area contributed by atoms with Gasteiger partial charge < -0.3 is 0 Å². The number of rotatable bonds is 4. The maximum atomic E-state index is 13.8. The van der Waals surface area contributed by atoms with Gasteiger partial charge in [-0.2, -0.15) is 5.26 Å². The minimum atomic E-state index is -4.15. The van der Waals surface area contributed by atoms with Crippen LogP contribution in [0.5, 0.6) is 0 Å². The Balaban J connectivity index is 3.24. The second-order valence-electron chi connectivity index (χ2n) is 3.54. The molecule has 0 radical (unpaired) electrons. The lowest BCUT2D eigenvalue weighted by atomic mass is 10.2. The number of hydrogen-bond acceptors (Lipinski definition) is 5. The van der Waals surface area contributed by atoms with Crippen molar-refractivity contribution in [2.45, 2.75) is 4.90 Å². The Bertz CT molecular complexity index is 753. The molecule has 0 atom stereocenters. The molecule has 104 valence electrons. The first-order chi connectivity index (χ1) is 8.58. The van der Waals surface area contributed by atoms with Gasteiger partial charge in [0.25, 0.3) is 0 Å². The van der Waals surface area contributed by atoms with E-state index in [1.54, 1.807) is 6.07 Å². The van der Waals surface area contributed by atoms with Crippen LogP contribution in [0, 0.1) is 17.1 Å². The summed E-state index contributed by atoms with van der Waals surface area (Å²) in [6, 6.07) is 3.71. The van der Waals surface area contributed by atoms with Crippen molar-refractivity contribution in [1.29, 1.82) is 5.26 Å². The molecule has 0 aliphatic carbocycles. The average Bonchev–Trinajstić information content (AvgIpc) is 2.29. The number of halogens is 2. The van der Waals surface area contributed by atoms with Crippen LogP contribution in [0.2, 0.25) is 0 Å². The molecule has 0 unspecified atom stereocenters.